The van der Waals surface area contributed by atoms with Gasteiger partial charge in [-0.1, -0.05) is 19.9 Å². The Morgan fingerprint density at radius 3 is 2.44 bits per heavy atom. The average molecular weight is 220 g/mol. The van der Waals surface area contributed by atoms with Gasteiger partial charge in [0.05, 0.1) is 0 Å². The highest BCUT2D eigenvalue weighted by Crippen LogP contribution is 2.30. The zero-order valence-corrected chi connectivity index (χ0v) is 10.4. The van der Waals surface area contributed by atoms with Crippen LogP contribution >= 0.6 is 0 Å². The first-order chi connectivity index (χ1) is 7.25. The minimum absolute atomic E-state index is 0.146. The minimum Gasteiger partial charge on any atom is -0.325 e. The van der Waals surface area contributed by atoms with Crippen LogP contribution < -0.4 is 5.73 Å². The number of rotatable bonds is 4. The summed E-state index contributed by atoms with van der Waals surface area (Å²) in [6, 6.07) is 3.74. The fourth-order valence-electron chi connectivity index (χ4n) is 1.27. The van der Waals surface area contributed by atoms with Crippen LogP contribution in [-0.4, -0.2) is 16.3 Å². The monoisotopic (exact) mass is 220 g/mol. The molecule has 1 aromatic rings. The number of aromatic nitrogens is 1. The average Bonchev–Trinajstić information content (AvgIpc) is 2.17. The van der Waals surface area contributed by atoms with Crippen molar-refractivity contribution >= 4 is 5.78 Å². The third-order valence-electron chi connectivity index (χ3n) is 3.40. The Labute approximate surface area is 97.1 Å². The first kappa shape index (κ1) is 12.8. The molecule has 3 nitrogen and oxygen atoms in total. The molecule has 0 amide bonds. The Morgan fingerprint density at radius 2 is 2.00 bits per heavy atom. The number of carbonyl (C=O) groups is 1. The second-order valence-electron chi connectivity index (χ2n) is 5.31. The van der Waals surface area contributed by atoms with Gasteiger partial charge in [-0.05, 0) is 25.5 Å². The Morgan fingerprint density at radius 1 is 1.38 bits per heavy atom. The summed E-state index contributed by atoms with van der Waals surface area (Å²) in [6.07, 6.45) is 3.81. The molecule has 0 aliphatic heterocycles. The van der Waals surface area contributed by atoms with E-state index in [-0.39, 0.29) is 5.78 Å². The Balaban J connectivity index is 2.81. The molecule has 0 fully saturated rings. The van der Waals surface area contributed by atoms with Gasteiger partial charge in [0, 0.05) is 29.8 Å². The van der Waals surface area contributed by atoms with Crippen molar-refractivity contribution in [3.63, 3.8) is 0 Å². The number of carbonyl (C=O) groups excluding carboxylic acids is 1. The second-order valence-corrected chi connectivity index (χ2v) is 5.31. The van der Waals surface area contributed by atoms with E-state index < -0.39 is 11.0 Å². The molecule has 1 aromatic heterocycles. The van der Waals surface area contributed by atoms with E-state index >= 15 is 0 Å². The predicted octanol–water partition coefficient (Wildman–Crippen LogP) is 1.96. The van der Waals surface area contributed by atoms with E-state index in [9.17, 15) is 4.79 Å². The van der Waals surface area contributed by atoms with Crippen molar-refractivity contribution in [2.24, 2.45) is 11.1 Å². The Hall–Kier alpha value is -1.22. The van der Waals surface area contributed by atoms with Crippen LogP contribution in [0.4, 0.5) is 0 Å². The van der Waals surface area contributed by atoms with E-state index in [0.717, 1.165) is 5.56 Å². The topological polar surface area (TPSA) is 56.0 Å². The largest absolute Gasteiger partial charge is 0.325 e. The van der Waals surface area contributed by atoms with Gasteiger partial charge in [-0.25, -0.2) is 0 Å². The number of pyridine rings is 1. The van der Waals surface area contributed by atoms with E-state index in [0.29, 0.717) is 6.42 Å². The highest BCUT2D eigenvalue weighted by Gasteiger charge is 2.39. The maximum Gasteiger partial charge on any atom is 0.144 e. The molecule has 0 aliphatic carbocycles. The van der Waals surface area contributed by atoms with Gasteiger partial charge >= 0.3 is 0 Å². The first-order valence-corrected chi connectivity index (χ1v) is 5.46. The van der Waals surface area contributed by atoms with Gasteiger partial charge in [0.2, 0.25) is 0 Å². The molecule has 0 spiro atoms. The minimum atomic E-state index is -0.539. The Bertz CT molecular complexity index is 363. The third-order valence-corrected chi connectivity index (χ3v) is 3.40. The highest BCUT2D eigenvalue weighted by atomic mass is 16.1. The van der Waals surface area contributed by atoms with Crippen LogP contribution in [0, 0.1) is 5.41 Å². The SMILES string of the molecule is CC(C)(N)C(C)(C)C(=O)Cc1cccnc1. The van der Waals surface area contributed by atoms with Gasteiger partial charge in [0.15, 0.2) is 0 Å². The van der Waals surface area contributed by atoms with Crippen LogP contribution in [0.5, 0.6) is 0 Å². The smallest absolute Gasteiger partial charge is 0.144 e. The van der Waals surface area contributed by atoms with Crippen molar-refractivity contribution in [2.45, 2.75) is 39.7 Å². The number of nitrogens with two attached hydrogens (primary N) is 1. The molecular weight excluding hydrogens is 200 g/mol. The molecule has 0 unspecified atom stereocenters. The van der Waals surface area contributed by atoms with Crippen LogP contribution in [-0.2, 0) is 11.2 Å². The number of hydrogen-bond donors (Lipinski definition) is 1. The van der Waals surface area contributed by atoms with Gasteiger partial charge in [0.25, 0.3) is 0 Å². The molecule has 16 heavy (non-hydrogen) atoms. The maximum atomic E-state index is 12.2. The molecular formula is C13H20N2O. The summed E-state index contributed by atoms with van der Waals surface area (Å²) in [7, 11) is 0. The summed E-state index contributed by atoms with van der Waals surface area (Å²) in [4.78, 5) is 16.2. The van der Waals surface area contributed by atoms with E-state index in [4.69, 9.17) is 5.73 Å². The normalized spacial score (nSPS) is 12.6. The molecule has 0 saturated carbocycles. The van der Waals surface area contributed by atoms with E-state index in [1.807, 2.05) is 39.8 Å². The van der Waals surface area contributed by atoms with Gasteiger partial charge in [-0.2, -0.15) is 0 Å². The first-order valence-electron chi connectivity index (χ1n) is 5.46. The molecule has 88 valence electrons. The molecule has 0 aliphatic rings. The molecule has 0 bridgehead atoms. The van der Waals surface area contributed by atoms with Crippen LogP contribution in [0.15, 0.2) is 24.5 Å². The summed E-state index contributed by atoms with van der Waals surface area (Å²) in [5.74, 6) is 0.146. The van der Waals surface area contributed by atoms with E-state index in [2.05, 4.69) is 4.98 Å². The van der Waals surface area contributed by atoms with Gasteiger partial charge in [0.1, 0.15) is 5.78 Å². The number of Topliss-reactive ketones (excluding diaryl/α,β-unsaturated/α-hetero) is 1. The van der Waals surface area contributed by atoms with Crippen molar-refractivity contribution in [1.82, 2.24) is 4.98 Å². The van der Waals surface area contributed by atoms with Crippen LogP contribution in [0.2, 0.25) is 0 Å². The molecule has 0 aromatic carbocycles. The van der Waals surface area contributed by atoms with Gasteiger partial charge in [-0.3, -0.25) is 9.78 Å². The molecule has 1 rings (SSSR count). The lowest BCUT2D eigenvalue weighted by molar-refractivity contribution is -0.129. The number of ketones is 1. The van der Waals surface area contributed by atoms with Crippen molar-refractivity contribution in [2.75, 3.05) is 0 Å². The number of nitrogens with zero attached hydrogens (tertiary/aromatic N) is 1. The fraction of sp³-hybridized carbons (Fsp3) is 0.538. The van der Waals surface area contributed by atoms with Crippen LogP contribution in [0.3, 0.4) is 0 Å². The van der Waals surface area contributed by atoms with Crippen molar-refractivity contribution in [1.29, 1.82) is 0 Å². The second kappa shape index (κ2) is 4.34. The van der Waals surface area contributed by atoms with Crippen LogP contribution in [0.1, 0.15) is 33.3 Å². The Kier molecular flexibility index (Phi) is 3.48. The summed E-state index contributed by atoms with van der Waals surface area (Å²) >= 11 is 0. The molecule has 3 heteroatoms. The quantitative estimate of drug-likeness (QED) is 0.843. The summed E-state index contributed by atoms with van der Waals surface area (Å²) in [5.41, 5.74) is 5.91. The maximum absolute atomic E-state index is 12.2. The lowest BCUT2D eigenvalue weighted by Gasteiger charge is -2.37. The van der Waals surface area contributed by atoms with Gasteiger partial charge < -0.3 is 5.73 Å². The summed E-state index contributed by atoms with van der Waals surface area (Å²) in [5, 5.41) is 0. The zero-order chi connectivity index (χ0) is 12.4. The van der Waals surface area contributed by atoms with E-state index in [1.165, 1.54) is 0 Å². The van der Waals surface area contributed by atoms with Crippen LogP contribution in [0.25, 0.3) is 0 Å². The predicted molar refractivity (Wildman–Crippen MR) is 65.0 cm³/mol. The van der Waals surface area contributed by atoms with Gasteiger partial charge in [-0.15, -0.1) is 0 Å². The molecule has 2 N–H and O–H groups in total. The molecule has 0 saturated heterocycles. The molecule has 0 atom stereocenters. The summed E-state index contributed by atoms with van der Waals surface area (Å²) in [6.45, 7) is 7.56. The number of hydrogen-bond acceptors (Lipinski definition) is 3. The highest BCUT2D eigenvalue weighted by molar-refractivity contribution is 5.87. The third kappa shape index (κ3) is 2.67. The fourth-order valence-corrected chi connectivity index (χ4v) is 1.27. The van der Waals surface area contributed by atoms with E-state index in [1.54, 1.807) is 12.4 Å². The lowest BCUT2D eigenvalue weighted by atomic mass is 9.71. The van der Waals surface area contributed by atoms with Crippen molar-refractivity contribution in [3.05, 3.63) is 30.1 Å². The summed E-state index contributed by atoms with van der Waals surface area (Å²) < 4.78 is 0. The van der Waals surface area contributed by atoms with Crippen molar-refractivity contribution in [3.8, 4) is 0 Å². The molecule has 1 heterocycles. The zero-order valence-electron chi connectivity index (χ0n) is 10.4. The lowest BCUT2D eigenvalue weighted by Crippen LogP contribution is -2.52. The molecule has 0 radical (unpaired) electrons. The standard InChI is InChI=1S/C13H20N2O/c1-12(2,13(3,4)14)11(16)8-10-6-5-7-15-9-10/h5-7,9H,8,14H2,1-4H3. The van der Waals surface area contributed by atoms with Crippen molar-refractivity contribution < 1.29 is 4.79 Å².